The van der Waals surface area contributed by atoms with Gasteiger partial charge in [-0.15, -0.1) is 0 Å². The zero-order valence-electron chi connectivity index (χ0n) is 11.6. The van der Waals surface area contributed by atoms with Gasteiger partial charge in [0, 0.05) is 6.54 Å². The average Bonchev–Trinajstić information content (AvgIpc) is 2.42. The van der Waals surface area contributed by atoms with E-state index >= 15 is 0 Å². The van der Waals surface area contributed by atoms with E-state index < -0.39 is 0 Å². The van der Waals surface area contributed by atoms with Crippen molar-refractivity contribution in [3.8, 4) is 5.75 Å². The van der Waals surface area contributed by atoms with Gasteiger partial charge in [0.2, 0.25) is 0 Å². The van der Waals surface area contributed by atoms with Crippen molar-refractivity contribution < 1.29 is 4.74 Å². The molecule has 0 spiro atoms. The van der Waals surface area contributed by atoms with Crippen molar-refractivity contribution in [3.63, 3.8) is 0 Å². The molecule has 0 fully saturated rings. The van der Waals surface area contributed by atoms with Gasteiger partial charge in [-0.05, 0) is 44.0 Å². The molecule has 0 unspecified atom stereocenters. The van der Waals surface area contributed by atoms with Crippen LogP contribution in [0.15, 0.2) is 30.6 Å². The van der Waals surface area contributed by atoms with Crippen LogP contribution in [0.2, 0.25) is 0 Å². The van der Waals surface area contributed by atoms with Crippen molar-refractivity contribution in [1.82, 2.24) is 9.97 Å². The Morgan fingerprint density at radius 2 is 1.95 bits per heavy atom. The van der Waals surface area contributed by atoms with Gasteiger partial charge in [0.15, 0.2) is 0 Å². The molecule has 0 saturated carbocycles. The Morgan fingerprint density at radius 1 is 1.11 bits per heavy atom. The van der Waals surface area contributed by atoms with Crippen LogP contribution < -0.4 is 10.1 Å². The maximum absolute atomic E-state index is 5.70. The molecular weight excluding hydrogens is 238 g/mol. The first kappa shape index (κ1) is 13.3. The van der Waals surface area contributed by atoms with Crippen molar-refractivity contribution in [2.24, 2.45) is 0 Å². The zero-order chi connectivity index (χ0) is 13.7. The van der Waals surface area contributed by atoms with Crippen LogP contribution in [0, 0.1) is 13.8 Å². The van der Waals surface area contributed by atoms with Crippen LogP contribution in [-0.4, -0.2) is 16.5 Å². The predicted octanol–water partition coefficient (Wildman–Crippen LogP) is 3.10. The molecule has 4 nitrogen and oxygen atoms in total. The Hall–Kier alpha value is -2.10. The maximum Gasteiger partial charge on any atom is 0.144 e. The van der Waals surface area contributed by atoms with Crippen LogP contribution in [0.3, 0.4) is 0 Å². The molecule has 1 aromatic carbocycles. The SMILES string of the molecule is CCNc1cnc(COc2ccc(C)c(C)c2)cn1. The number of aryl methyl sites for hydroxylation is 2. The molecule has 1 heterocycles. The summed E-state index contributed by atoms with van der Waals surface area (Å²) in [7, 11) is 0. The molecule has 100 valence electrons. The van der Waals surface area contributed by atoms with Crippen molar-refractivity contribution in [1.29, 1.82) is 0 Å². The van der Waals surface area contributed by atoms with Gasteiger partial charge in [-0.2, -0.15) is 0 Å². The second-order valence-electron chi connectivity index (χ2n) is 4.46. The number of benzene rings is 1. The van der Waals surface area contributed by atoms with Crippen molar-refractivity contribution in [2.45, 2.75) is 27.4 Å². The smallest absolute Gasteiger partial charge is 0.144 e. The summed E-state index contributed by atoms with van der Waals surface area (Å²) in [6, 6.07) is 6.07. The zero-order valence-corrected chi connectivity index (χ0v) is 11.6. The van der Waals surface area contributed by atoms with Gasteiger partial charge in [0.1, 0.15) is 18.2 Å². The molecule has 19 heavy (non-hydrogen) atoms. The Labute approximate surface area is 113 Å². The average molecular weight is 257 g/mol. The fourth-order valence-electron chi connectivity index (χ4n) is 1.66. The van der Waals surface area contributed by atoms with E-state index in [9.17, 15) is 0 Å². The summed E-state index contributed by atoms with van der Waals surface area (Å²) in [5.41, 5.74) is 3.31. The highest BCUT2D eigenvalue weighted by Crippen LogP contribution is 2.17. The number of rotatable bonds is 5. The lowest BCUT2D eigenvalue weighted by molar-refractivity contribution is 0.300. The van der Waals surface area contributed by atoms with E-state index in [0.717, 1.165) is 23.8 Å². The van der Waals surface area contributed by atoms with Gasteiger partial charge >= 0.3 is 0 Å². The summed E-state index contributed by atoms with van der Waals surface area (Å²) in [5.74, 6) is 1.65. The molecule has 1 N–H and O–H groups in total. The predicted molar refractivity (Wildman–Crippen MR) is 76.4 cm³/mol. The molecule has 0 aliphatic heterocycles. The molecular formula is C15H19N3O. The maximum atomic E-state index is 5.70. The van der Waals surface area contributed by atoms with Crippen molar-refractivity contribution in [2.75, 3.05) is 11.9 Å². The number of hydrogen-bond acceptors (Lipinski definition) is 4. The second-order valence-corrected chi connectivity index (χ2v) is 4.46. The first-order valence-electron chi connectivity index (χ1n) is 6.44. The molecule has 0 atom stereocenters. The molecule has 0 saturated heterocycles. The van der Waals surface area contributed by atoms with Gasteiger partial charge < -0.3 is 10.1 Å². The lowest BCUT2D eigenvalue weighted by atomic mass is 10.1. The summed E-state index contributed by atoms with van der Waals surface area (Å²) in [6.07, 6.45) is 3.46. The third-order valence-electron chi connectivity index (χ3n) is 2.93. The van der Waals surface area contributed by atoms with Crippen LogP contribution in [-0.2, 0) is 6.61 Å². The summed E-state index contributed by atoms with van der Waals surface area (Å²) in [4.78, 5) is 8.56. The Bertz CT molecular complexity index is 538. The topological polar surface area (TPSA) is 47.0 Å². The third kappa shape index (κ3) is 3.68. The fraction of sp³-hybridized carbons (Fsp3) is 0.333. The van der Waals surface area contributed by atoms with Gasteiger partial charge in [-0.3, -0.25) is 4.98 Å². The van der Waals surface area contributed by atoms with E-state index in [1.807, 2.05) is 19.1 Å². The molecule has 1 aromatic heterocycles. The number of aromatic nitrogens is 2. The van der Waals surface area contributed by atoms with Crippen LogP contribution in [0.25, 0.3) is 0 Å². The van der Waals surface area contributed by atoms with E-state index in [0.29, 0.717) is 6.61 Å². The minimum atomic E-state index is 0.432. The van der Waals surface area contributed by atoms with Gasteiger partial charge in [-0.25, -0.2) is 4.98 Å². The number of hydrogen-bond donors (Lipinski definition) is 1. The van der Waals surface area contributed by atoms with Gasteiger partial charge in [0.05, 0.1) is 18.1 Å². The minimum absolute atomic E-state index is 0.432. The lowest BCUT2D eigenvalue weighted by Crippen LogP contribution is -2.03. The van der Waals surface area contributed by atoms with Crippen LogP contribution in [0.4, 0.5) is 5.82 Å². The van der Waals surface area contributed by atoms with E-state index in [-0.39, 0.29) is 0 Å². The Kier molecular flexibility index (Phi) is 4.34. The van der Waals surface area contributed by atoms with Crippen LogP contribution in [0.1, 0.15) is 23.7 Å². The molecule has 0 radical (unpaired) electrons. The quantitative estimate of drug-likeness (QED) is 0.894. The van der Waals surface area contributed by atoms with Crippen LogP contribution in [0.5, 0.6) is 5.75 Å². The number of nitrogens with one attached hydrogen (secondary N) is 1. The fourth-order valence-corrected chi connectivity index (χ4v) is 1.66. The third-order valence-corrected chi connectivity index (χ3v) is 2.93. The van der Waals surface area contributed by atoms with Crippen molar-refractivity contribution in [3.05, 3.63) is 47.4 Å². The highest BCUT2D eigenvalue weighted by atomic mass is 16.5. The molecule has 0 amide bonds. The minimum Gasteiger partial charge on any atom is -0.487 e. The lowest BCUT2D eigenvalue weighted by Gasteiger charge is -2.08. The van der Waals surface area contributed by atoms with Gasteiger partial charge in [0.25, 0.3) is 0 Å². The summed E-state index contributed by atoms with van der Waals surface area (Å²) < 4.78 is 5.70. The van der Waals surface area contributed by atoms with E-state index in [2.05, 4.69) is 35.2 Å². The number of anilines is 1. The standard InChI is InChI=1S/C15H19N3O/c1-4-16-15-9-17-13(8-18-15)10-19-14-6-5-11(2)12(3)7-14/h5-9H,4,10H2,1-3H3,(H,16,18). The molecule has 0 aliphatic rings. The Balaban J connectivity index is 1.96. The second kappa shape index (κ2) is 6.18. The van der Waals surface area contributed by atoms with Gasteiger partial charge in [-0.1, -0.05) is 6.07 Å². The summed E-state index contributed by atoms with van der Waals surface area (Å²) in [5, 5.41) is 3.11. The first-order valence-corrected chi connectivity index (χ1v) is 6.44. The highest BCUT2D eigenvalue weighted by Gasteiger charge is 2.00. The highest BCUT2D eigenvalue weighted by molar-refractivity contribution is 5.34. The molecule has 0 aliphatic carbocycles. The van der Waals surface area contributed by atoms with E-state index in [1.165, 1.54) is 11.1 Å². The number of ether oxygens (including phenoxy) is 1. The van der Waals surface area contributed by atoms with E-state index in [4.69, 9.17) is 4.74 Å². The van der Waals surface area contributed by atoms with E-state index in [1.54, 1.807) is 12.4 Å². The largest absolute Gasteiger partial charge is 0.487 e. The Morgan fingerprint density at radius 3 is 2.58 bits per heavy atom. The first-order chi connectivity index (χ1) is 9.19. The monoisotopic (exact) mass is 257 g/mol. The summed E-state index contributed by atoms with van der Waals surface area (Å²) in [6.45, 7) is 7.46. The molecule has 4 heteroatoms. The number of nitrogens with zero attached hydrogens (tertiary/aromatic N) is 2. The molecule has 2 aromatic rings. The summed E-state index contributed by atoms with van der Waals surface area (Å²) >= 11 is 0. The van der Waals surface area contributed by atoms with Crippen molar-refractivity contribution >= 4 is 5.82 Å². The normalized spacial score (nSPS) is 10.3. The molecule has 0 bridgehead atoms. The molecule has 2 rings (SSSR count). The van der Waals surface area contributed by atoms with Crippen LogP contribution >= 0.6 is 0 Å².